The first-order valence-corrected chi connectivity index (χ1v) is 6.73. The lowest BCUT2D eigenvalue weighted by atomic mass is 10.2. The molecule has 2 aromatic rings. The molecule has 118 valence electrons. The van der Waals surface area contributed by atoms with Gasteiger partial charge in [0.2, 0.25) is 0 Å². The van der Waals surface area contributed by atoms with Crippen molar-refractivity contribution >= 4 is 5.97 Å². The summed E-state index contributed by atoms with van der Waals surface area (Å²) in [7, 11) is 1.48. The van der Waals surface area contributed by atoms with Crippen molar-refractivity contribution in [2.75, 3.05) is 20.5 Å². The number of hydrogen-bond donors (Lipinski definition) is 0. The molecular weight excluding hydrogens is 291 g/mol. The van der Waals surface area contributed by atoms with Gasteiger partial charge in [0.1, 0.15) is 11.6 Å². The minimum absolute atomic E-state index is 0.0175. The van der Waals surface area contributed by atoms with Gasteiger partial charge in [-0.2, -0.15) is 5.10 Å². The maximum atomic E-state index is 13.3. The van der Waals surface area contributed by atoms with Gasteiger partial charge in [-0.1, -0.05) is 6.07 Å². The Hall–Kier alpha value is -2.41. The molecule has 0 aliphatic rings. The topological polar surface area (TPSA) is 62.6 Å². The Morgan fingerprint density at radius 1 is 1.41 bits per heavy atom. The molecule has 7 heteroatoms. The van der Waals surface area contributed by atoms with Crippen LogP contribution in [0.25, 0.3) is 0 Å². The van der Waals surface area contributed by atoms with Crippen LogP contribution in [0.2, 0.25) is 0 Å². The Balaban J connectivity index is 2.14. The number of nitrogens with zero attached hydrogens (tertiary/aromatic N) is 2. The molecule has 1 heterocycles. The summed E-state index contributed by atoms with van der Waals surface area (Å²) >= 11 is 0. The Morgan fingerprint density at radius 2 is 2.23 bits per heavy atom. The minimum Gasteiger partial charge on any atom is -0.467 e. The Bertz CT molecular complexity index is 642. The standard InChI is InChI=1S/C15H17FN2O4/c1-3-21-15(19)12-7-17-18(9-12)8-11-4-5-13(16)6-14(11)22-10-20-2/h4-7,9H,3,8,10H2,1-2H3. The van der Waals surface area contributed by atoms with Gasteiger partial charge in [-0.25, -0.2) is 9.18 Å². The number of aromatic nitrogens is 2. The molecule has 22 heavy (non-hydrogen) atoms. The summed E-state index contributed by atoms with van der Waals surface area (Å²) in [5, 5.41) is 4.09. The monoisotopic (exact) mass is 308 g/mol. The van der Waals surface area contributed by atoms with E-state index in [1.165, 1.54) is 25.4 Å². The summed E-state index contributed by atoms with van der Waals surface area (Å²) in [6, 6.07) is 4.22. The molecule has 2 rings (SSSR count). The second-order valence-electron chi connectivity index (χ2n) is 4.45. The highest BCUT2D eigenvalue weighted by Gasteiger charge is 2.11. The molecule has 0 N–H and O–H groups in total. The average Bonchev–Trinajstić information content (AvgIpc) is 2.96. The molecule has 0 amide bonds. The fraction of sp³-hybridized carbons (Fsp3) is 0.333. The fourth-order valence-corrected chi connectivity index (χ4v) is 1.86. The van der Waals surface area contributed by atoms with E-state index in [2.05, 4.69) is 5.10 Å². The summed E-state index contributed by atoms with van der Waals surface area (Å²) in [6.45, 7) is 2.39. The van der Waals surface area contributed by atoms with Crippen molar-refractivity contribution in [2.24, 2.45) is 0 Å². The van der Waals surface area contributed by atoms with E-state index in [0.29, 0.717) is 24.5 Å². The highest BCUT2D eigenvalue weighted by molar-refractivity contribution is 5.88. The van der Waals surface area contributed by atoms with Crippen molar-refractivity contribution in [1.29, 1.82) is 0 Å². The maximum Gasteiger partial charge on any atom is 0.341 e. The predicted molar refractivity (Wildman–Crippen MR) is 76.2 cm³/mol. The molecule has 1 aromatic carbocycles. The van der Waals surface area contributed by atoms with E-state index in [9.17, 15) is 9.18 Å². The van der Waals surface area contributed by atoms with Crippen LogP contribution in [0.3, 0.4) is 0 Å². The van der Waals surface area contributed by atoms with E-state index in [1.54, 1.807) is 23.9 Å². The third-order valence-electron chi connectivity index (χ3n) is 2.84. The molecule has 0 radical (unpaired) electrons. The fourth-order valence-electron chi connectivity index (χ4n) is 1.86. The molecule has 0 fully saturated rings. The van der Waals surface area contributed by atoms with E-state index in [4.69, 9.17) is 14.2 Å². The first-order chi connectivity index (χ1) is 10.6. The minimum atomic E-state index is -0.427. The van der Waals surface area contributed by atoms with Crippen molar-refractivity contribution in [3.8, 4) is 5.75 Å². The SMILES string of the molecule is CCOC(=O)c1cnn(Cc2ccc(F)cc2OCOC)c1. The van der Waals surface area contributed by atoms with Gasteiger partial charge in [-0.15, -0.1) is 0 Å². The second kappa shape index (κ2) is 7.56. The Kier molecular flexibility index (Phi) is 5.48. The Labute approximate surface area is 127 Å². The number of benzene rings is 1. The molecule has 1 aromatic heterocycles. The van der Waals surface area contributed by atoms with Crippen LogP contribution in [-0.2, 0) is 16.0 Å². The number of carbonyl (C=O) groups excluding carboxylic acids is 1. The van der Waals surface area contributed by atoms with Crippen LogP contribution in [0.4, 0.5) is 4.39 Å². The van der Waals surface area contributed by atoms with Crippen molar-refractivity contribution in [1.82, 2.24) is 9.78 Å². The summed E-state index contributed by atoms with van der Waals surface area (Å²) in [5.74, 6) is -0.457. The lowest BCUT2D eigenvalue weighted by Gasteiger charge is -2.11. The van der Waals surface area contributed by atoms with Crippen molar-refractivity contribution < 1.29 is 23.4 Å². The number of carbonyl (C=O) groups is 1. The lowest BCUT2D eigenvalue weighted by molar-refractivity contribution is 0.0501. The molecule has 0 saturated heterocycles. The van der Waals surface area contributed by atoms with Crippen molar-refractivity contribution in [2.45, 2.75) is 13.5 Å². The van der Waals surface area contributed by atoms with Crippen LogP contribution in [-0.4, -0.2) is 36.3 Å². The molecule has 0 unspecified atom stereocenters. The largest absolute Gasteiger partial charge is 0.467 e. The van der Waals surface area contributed by atoms with Gasteiger partial charge in [-0.3, -0.25) is 4.68 Å². The molecule has 0 aliphatic carbocycles. The van der Waals surface area contributed by atoms with Crippen LogP contribution in [0.15, 0.2) is 30.6 Å². The van der Waals surface area contributed by atoms with Crippen LogP contribution >= 0.6 is 0 Å². The number of methoxy groups -OCH3 is 1. The molecule has 0 saturated carbocycles. The van der Waals surface area contributed by atoms with Gasteiger partial charge in [-0.05, 0) is 13.0 Å². The molecule has 0 atom stereocenters. The van der Waals surface area contributed by atoms with Crippen molar-refractivity contribution in [3.05, 3.63) is 47.5 Å². The lowest BCUT2D eigenvalue weighted by Crippen LogP contribution is -2.06. The number of esters is 1. The second-order valence-corrected chi connectivity index (χ2v) is 4.45. The van der Waals surface area contributed by atoms with Gasteiger partial charge < -0.3 is 14.2 Å². The number of ether oxygens (including phenoxy) is 3. The Morgan fingerprint density at radius 3 is 2.95 bits per heavy atom. The van der Waals surface area contributed by atoms with Crippen LogP contribution < -0.4 is 4.74 Å². The molecule has 0 bridgehead atoms. The zero-order valence-corrected chi connectivity index (χ0v) is 12.4. The maximum absolute atomic E-state index is 13.3. The number of rotatable bonds is 7. The normalized spacial score (nSPS) is 10.5. The van der Waals surface area contributed by atoms with E-state index in [1.807, 2.05) is 0 Å². The van der Waals surface area contributed by atoms with E-state index < -0.39 is 11.8 Å². The summed E-state index contributed by atoms with van der Waals surface area (Å²) < 4.78 is 29.9. The van der Waals surface area contributed by atoms with E-state index in [0.717, 1.165) is 5.56 Å². The quantitative estimate of drug-likeness (QED) is 0.580. The van der Waals surface area contributed by atoms with Crippen LogP contribution in [0, 0.1) is 5.82 Å². The van der Waals surface area contributed by atoms with Crippen molar-refractivity contribution in [3.63, 3.8) is 0 Å². The van der Waals surface area contributed by atoms with Gasteiger partial charge >= 0.3 is 5.97 Å². The molecule has 0 aliphatic heterocycles. The van der Waals surface area contributed by atoms with Gasteiger partial charge in [0.15, 0.2) is 6.79 Å². The third kappa shape index (κ3) is 4.05. The summed E-state index contributed by atoms with van der Waals surface area (Å²) in [6.07, 6.45) is 3.00. The first kappa shape index (κ1) is 16.0. The highest BCUT2D eigenvalue weighted by atomic mass is 19.1. The molecule has 6 nitrogen and oxygen atoms in total. The number of hydrogen-bond acceptors (Lipinski definition) is 5. The zero-order valence-electron chi connectivity index (χ0n) is 12.4. The summed E-state index contributed by atoms with van der Waals surface area (Å²) in [5.41, 5.74) is 1.08. The zero-order chi connectivity index (χ0) is 15.9. The summed E-state index contributed by atoms with van der Waals surface area (Å²) in [4.78, 5) is 11.6. The van der Waals surface area contributed by atoms with E-state index >= 15 is 0 Å². The highest BCUT2D eigenvalue weighted by Crippen LogP contribution is 2.21. The molecular formula is C15H17FN2O4. The van der Waals surface area contributed by atoms with E-state index in [-0.39, 0.29) is 6.79 Å². The number of halogens is 1. The van der Waals surface area contributed by atoms with Gasteiger partial charge in [0, 0.05) is 24.9 Å². The average molecular weight is 308 g/mol. The van der Waals surface area contributed by atoms with Gasteiger partial charge in [0.05, 0.1) is 24.9 Å². The predicted octanol–water partition coefficient (Wildman–Crippen LogP) is 2.23. The van der Waals surface area contributed by atoms with Crippen LogP contribution in [0.1, 0.15) is 22.8 Å². The molecule has 0 spiro atoms. The smallest absolute Gasteiger partial charge is 0.341 e. The van der Waals surface area contributed by atoms with Crippen LogP contribution in [0.5, 0.6) is 5.75 Å². The van der Waals surface area contributed by atoms with Gasteiger partial charge in [0.25, 0.3) is 0 Å². The third-order valence-corrected chi connectivity index (χ3v) is 2.84. The first-order valence-electron chi connectivity index (χ1n) is 6.73.